The van der Waals surface area contributed by atoms with Gasteiger partial charge in [0.1, 0.15) is 0 Å². The lowest BCUT2D eigenvalue weighted by Gasteiger charge is -2.31. The van der Waals surface area contributed by atoms with Gasteiger partial charge in [-0.25, -0.2) is 0 Å². The molecule has 1 aliphatic carbocycles. The van der Waals surface area contributed by atoms with E-state index >= 15 is 0 Å². The molecule has 0 aliphatic heterocycles. The molecular weight excluding hydrogens is 187 g/mol. The molecule has 1 saturated carbocycles. The van der Waals surface area contributed by atoms with Crippen LogP contribution in [0.2, 0.25) is 6.32 Å². The smallest absolute Gasteiger partial charge is 0.0872 e. The number of hydrogen-bond donors (Lipinski definition) is 2. The average molecular weight is 212 g/mol. The molecule has 88 valence electrons. The Morgan fingerprint density at radius 1 is 1.00 bits per heavy atom. The van der Waals surface area contributed by atoms with Crippen LogP contribution in [0, 0.1) is 5.92 Å². The quantitative estimate of drug-likeness (QED) is 0.689. The van der Waals surface area contributed by atoms with Gasteiger partial charge in [-0.1, -0.05) is 32.0 Å². The van der Waals surface area contributed by atoms with Gasteiger partial charge in [-0.3, -0.25) is 0 Å². The van der Waals surface area contributed by atoms with Crippen molar-refractivity contribution in [2.75, 3.05) is 0 Å². The van der Waals surface area contributed by atoms with E-state index in [1.165, 1.54) is 25.7 Å². The van der Waals surface area contributed by atoms with Gasteiger partial charge in [0.15, 0.2) is 0 Å². The van der Waals surface area contributed by atoms with Crippen LogP contribution < -0.4 is 0 Å². The van der Waals surface area contributed by atoms with Gasteiger partial charge in [0, 0.05) is 0 Å². The maximum absolute atomic E-state index is 9.10. The number of hydrogen-bond acceptors (Lipinski definition) is 2. The summed E-state index contributed by atoms with van der Waals surface area (Å²) in [5, 5.41) is 18.2. The molecule has 2 radical (unpaired) electrons. The van der Waals surface area contributed by atoms with Crippen molar-refractivity contribution in [2.45, 2.75) is 70.9 Å². The summed E-state index contributed by atoms with van der Waals surface area (Å²) in [7, 11) is 5.43. The molecule has 0 spiro atoms. The van der Waals surface area contributed by atoms with Gasteiger partial charge in [0.2, 0.25) is 0 Å². The Morgan fingerprint density at radius 3 is 1.47 bits per heavy atom. The average Bonchev–Trinajstić information content (AvgIpc) is 2.52. The van der Waals surface area contributed by atoms with Crippen LogP contribution in [-0.2, 0) is 0 Å². The maximum atomic E-state index is 9.10. The molecule has 0 unspecified atom stereocenters. The summed E-state index contributed by atoms with van der Waals surface area (Å²) >= 11 is 0. The van der Waals surface area contributed by atoms with Crippen LogP contribution in [0.25, 0.3) is 0 Å². The van der Waals surface area contributed by atoms with Crippen molar-refractivity contribution < 1.29 is 10.2 Å². The summed E-state index contributed by atoms with van der Waals surface area (Å²) in [6, 6.07) is 0. The van der Waals surface area contributed by atoms with Crippen LogP contribution in [0.5, 0.6) is 0 Å². The highest BCUT2D eigenvalue weighted by Crippen LogP contribution is 2.26. The highest BCUT2D eigenvalue weighted by atomic mass is 16.3. The fraction of sp³-hybridized carbons (Fsp3) is 1.00. The molecule has 0 aromatic rings. The fourth-order valence-corrected chi connectivity index (χ4v) is 1.25. The molecule has 1 fully saturated rings. The first kappa shape index (κ1) is 15.0. The maximum Gasteiger partial charge on any atom is 0.0872 e. The first-order chi connectivity index (χ1) is 6.68. The normalized spacial score (nSPS) is 18.5. The van der Waals surface area contributed by atoms with Gasteiger partial charge in [0.25, 0.3) is 0 Å². The molecule has 1 rings (SSSR count). The monoisotopic (exact) mass is 212 g/mol. The van der Waals surface area contributed by atoms with Gasteiger partial charge < -0.3 is 10.2 Å². The zero-order valence-electron chi connectivity index (χ0n) is 10.6. The number of aliphatic hydroxyl groups is 2. The van der Waals surface area contributed by atoms with Gasteiger partial charge in [-0.2, -0.15) is 0 Å². The number of rotatable bonds is 2. The third-order valence-electron chi connectivity index (χ3n) is 3.31. The van der Waals surface area contributed by atoms with Gasteiger partial charge in [-0.05, 0) is 33.6 Å². The molecule has 0 heterocycles. The summed E-state index contributed by atoms with van der Waals surface area (Å²) in [5.74, 6) is 0.875. The molecule has 1 aliphatic rings. The van der Waals surface area contributed by atoms with Crippen LogP contribution in [0.1, 0.15) is 53.4 Å². The minimum Gasteiger partial charge on any atom is -0.387 e. The third-order valence-corrected chi connectivity index (χ3v) is 3.31. The largest absolute Gasteiger partial charge is 0.387 e. The molecule has 0 amide bonds. The van der Waals surface area contributed by atoms with Crippen molar-refractivity contribution >= 4 is 7.85 Å². The lowest BCUT2D eigenvalue weighted by atomic mass is 9.90. The Labute approximate surface area is 95.5 Å². The van der Waals surface area contributed by atoms with E-state index in [4.69, 9.17) is 18.1 Å². The van der Waals surface area contributed by atoms with Gasteiger partial charge in [0.05, 0.1) is 19.0 Å². The second kappa shape index (κ2) is 5.90. The third kappa shape index (κ3) is 6.21. The molecule has 0 bridgehead atoms. The van der Waals surface area contributed by atoms with E-state index in [1.54, 1.807) is 27.7 Å². The van der Waals surface area contributed by atoms with E-state index in [0.717, 1.165) is 12.2 Å². The zero-order valence-corrected chi connectivity index (χ0v) is 10.6. The fourth-order valence-electron chi connectivity index (χ4n) is 1.25. The second-order valence-electron chi connectivity index (χ2n) is 5.50. The molecule has 0 aromatic heterocycles. The Kier molecular flexibility index (Phi) is 5.90. The summed E-state index contributed by atoms with van der Waals surface area (Å²) in [6.07, 6.45) is 6.52. The predicted octanol–water partition coefficient (Wildman–Crippen LogP) is 2.29. The topological polar surface area (TPSA) is 40.5 Å². The Hall–Kier alpha value is -0.0151. The lowest BCUT2D eigenvalue weighted by molar-refractivity contribution is -0.107. The van der Waals surface area contributed by atoms with Crippen molar-refractivity contribution in [3.63, 3.8) is 0 Å². The van der Waals surface area contributed by atoms with Crippen LogP contribution >= 0.6 is 0 Å². The summed E-state index contributed by atoms with van der Waals surface area (Å²) < 4.78 is 0. The summed E-state index contributed by atoms with van der Waals surface area (Å²) in [6.45, 7) is 6.31. The standard InChI is InChI=1S/C6H11B.C6H14O2/c7-5-6-3-1-2-4-6;1-5(2,7)6(3,4)8/h6H,1-5H2;7-8H,1-4H3. The molecule has 3 heteroatoms. The predicted molar refractivity (Wildman–Crippen MR) is 65.1 cm³/mol. The highest BCUT2D eigenvalue weighted by Gasteiger charge is 2.31. The zero-order chi connectivity index (χ0) is 12.1. The van der Waals surface area contributed by atoms with E-state index < -0.39 is 11.2 Å². The van der Waals surface area contributed by atoms with E-state index in [-0.39, 0.29) is 0 Å². The van der Waals surface area contributed by atoms with E-state index in [9.17, 15) is 0 Å². The summed E-state index contributed by atoms with van der Waals surface area (Å²) in [5.41, 5.74) is -2.01. The SMILES string of the molecule is CC(C)(O)C(C)(C)O.[B]CC1CCCC1. The van der Waals surface area contributed by atoms with Crippen LogP contribution in [0.15, 0.2) is 0 Å². The van der Waals surface area contributed by atoms with Crippen molar-refractivity contribution in [1.82, 2.24) is 0 Å². The Bertz CT molecular complexity index is 149. The molecule has 2 nitrogen and oxygen atoms in total. The molecule has 0 atom stereocenters. The van der Waals surface area contributed by atoms with E-state index in [0.29, 0.717) is 0 Å². The van der Waals surface area contributed by atoms with Crippen molar-refractivity contribution in [1.29, 1.82) is 0 Å². The minimum atomic E-state index is -1.01. The van der Waals surface area contributed by atoms with E-state index in [2.05, 4.69) is 0 Å². The first-order valence-corrected chi connectivity index (χ1v) is 5.83. The Balaban J connectivity index is 0.000000262. The lowest BCUT2D eigenvalue weighted by Crippen LogP contribution is -2.44. The molecule has 15 heavy (non-hydrogen) atoms. The molecule has 0 saturated heterocycles. The first-order valence-electron chi connectivity index (χ1n) is 5.83. The van der Waals surface area contributed by atoms with Crippen LogP contribution in [0.3, 0.4) is 0 Å². The second-order valence-corrected chi connectivity index (χ2v) is 5.50. The van der Waals surface area contributed by atoms with Crippen molar-refractivity contribution in [3.05, 3.63) is 0 Å². The van der Waals surface area contributed by atoms with Crippen LogP contribution in [-0.4, -0.2) is 29.3 Å². The van der Waals surface area contributed by atoms with Gasteiger partial charge >= 0.3 is 0 Å². The highest BCUT2D eigenvalue weighted by molar-refractivity contribution is 6.08. The van der Waals surface area contributed by atoms with Gasteiger partial charge in [-0.15, -0.1) is 0 Å². The summed E-state index contributed by atoms with van der Waals surface area (Å²) in [4.78, 5) is 0. The minimum absolute atomic E-state index is 0.875. The molecule has 2 N–H and O–H groups in total. The molecule has 0 aromatic carbocycles. The van der Waals surface area contributed by atoms with E-state index in [1.807, 2.05) is 0 Å². The van der Waals surface area contributed by atoms with Crippen LogP contribution in [0.4, 0.5) is 0 Å². The van der Waals surface area contributed by atoms with Crippen molar-refractivity contribution in [2.24, 2.45) is 5.92 Å². The van der Waals surface area contributed by atoms with Crippen molar-refractivity contribution in [3.8, 4) is 0 Å². The Morgan fingerprint density at radius 2 is 1.33 bits per heavy atom. The molecular formula is C12H25BO2.